The molecule has 654 valence electrons. The molecule has 12 heterocycles. The number of carboxylic acid groups (broad SMARTS) is 3. The number of hydrogen-bond acceptors (Lipinski definition) is 14. The second kappa shape index (κ2) is 30.5. The number of amides is 3. The number of aromatic carboxylic acids is 3. The zero-order chi connectivity index (χ0) is 89.4. The van der Waals surface area contributed by atoms with E-state index in [0.717, 1.165) is 75.6 Å². The summed E-state index contributed by atoms with van der Waals surface area (Å²) < 4.78 is 65.6. The molecular formula is C97H77Cl6F3N12O11. The van der Waals surface area contributed by atoms with Gasteiger partial charge in [0.25, 0.3) is 0 Å². The van der Waals surface area contributed by atoms with E-state index >= 15 is 13.2 Å². The molecule has 3 amide bonds. The van der Waals surface area contributed by atoms with Crippen molar-refractivity contribution in [3.8, 4) is 11.5 Å². The Morgan fingerprint density at radius 2 is 0.907 bits per heavy atom. The largest absolute Gasteiger partial charge is 0.494 e. The molecule has 3 unspecified atom stereocenters. The van der Waals surface area contributed by atoms with Gasteiger partial charge in [0.05, 0.1) is 69.1 Å². The first kappa shape index (κ1) is 83.1. The van der Waals surface area contributed by atoms with Crippen molar-refractivity contribution in [2.75, 3.05) is 42.8 Å². The number of anilines is 3. The quantitative estimate of drug-likeness (QED) is 0.0556. The number of fused-ring (bicyclic) bond motifs is 21. The van der Waals surface area contributed by atoms with Crippen LogP contribution >= 0.6 is 69.6 Å². The number of nitrogens with zero attached hydrogens (tertiary/aromatic N) is 9. The summed E-state index contributed by atoms with van der Waals surface area (Å²) in [4.78, 5) is 85.9. The van der Waals surface area contributed by atoms with Gasteiger partial charge in [-0.2, -0.15) is 15.3 Å². The Labute approximate surface area is 764 Å². The SMILES string of the molecule is CCOc1cccc(CN2[C@H]3Cc4c5cc(C)c(C(=O)O)cc5nn4C3[C@H](c3cccc(Cl)c3F)[C@]23C(=O)Nc2cc(Cl)ccc23)c1.COc1c(C(=O)O)ccc2c3n(nc12)C1[C@H](C3)N(CC2CC2)[C@@]2(C(=O)Nc3cc(Cl)ccc32)[C@H]1c1cccc(Cl)c1F.O=C(O)c1ccc2nn3c(c2c1)C[C@H]1C3[C@H](c2cccc(Cl)c2F)[C@]2(C(=O)Nc3cc(Cl)ccc32)N1CC1CC1. The van der Waals surface area contributed by atoms with Crippen LogP contribution < -0.4 is 25.4 Å². The maximum absolute atomic E-state index is 16.4. The molecular weight excluding hydrogens is 1780 g/mol. The van der Waals surface area contributed by atoms with Gasteiger partial charge in [0.1, 0.15) is 50.9 Å². The lowest BCUT2D eigenvalue weighted by molar-refractivity contribution is -0.129. The average Bonchev–Trinajstić information content (AvgIpc) is 1.51. The molecule has 5 fully saturated rings. The Morgan fingerprint density at radius 1 is 0.473 bits per heavy atom. The molecule has 23 nitrogen and oxygen atoms in total. The monoisotopic (exact) mass is 1850 g/mol. The first-order chi connectivity index (χ1) is 62.2. The molecule has 0 radical (unpaired) electrons. The zero-order valence-corrected chi connectivity index (χ0v) is 73.4. The maximum Gasteiger partial charge on any atom is 0.339 e. The maximum atomic E-state index is 16.4. The fourth-order valence-corrected chi connectivity index (χ4v) is 24.5. The predicted molar refractivity (Wildman–Crippen MR) is 481 cm³/mol. The smallest absolute Gasteiger partial charge is 0.339 e. The Morgan fingerprint density at radius 3 is 1.36 bits per heavy atom. The van der Waals surface area contributed by atoms with Gasteiger partial charge in [0.15, 0.2) is 5.75 Å². The molecule has 0 bridgehead atoms. The highest BCUT2D eigenvalue weighted by Gasteiger charge is 2.74. The molecule has 2 saturated carbocycles. The third-order valence-electron chi connectivity index (χ3n) is 28.7. The summed E-state index contributed by atoms with van der Waals surface area (Å²) in [6.45, 7) is 5.90. The van der Waals surface area contributed by atoms with Crippen LogP contribution in [0.2, 0.25) is 30.1 Å². The Balaban J connectivity index is 0.000000114. The van der Waals surface area contributed by atoms with Crippen molar-refractivity contribution in [3.05, 3.63) is 302 Å². The van der Waals surface area contributed by atoms with Crippen molar-refractivity contribution >= 4 is 155 Å². The van der Waals surface area contributed by atoms with E-state index in [9.17, 15) is 44.1 Å². The van der Waals surface area contributed by atoms with Gasteiger partial charge in [-0.3, -0.25) is 43.1 Å². The number of carbonyl (C=O) groups excluding carboxylic acids is 3. The van der Waals surface area contributed by atoms with Gasteiger partial charge in [-0.05, 0) is 188 Å². The average molecular weight is 1860 g/mol. The van der Waals surface area contributed by atoms with Crippen molar-refractivity contribution in [2.45, 2.75) is 136 Å². The van der Waals surface area contributed by atoms with Crippen molar-refractivity contribution in [3.63, 3.8) is 0 Å². The molecule has 6 N–H and O–H groups in total. The summed E-state index contributed by atoms with van der Waals surface area (Å²) in [5, 5.41) is 57.1. The van der Waals surface area contributed by atoms with Gasteiger partial charge in [-0.15, -0.1) is 0 Å². The minimum Gasteiger partial charge on any atom is -0.494 e. The Hall–Kier alpha value is -11.6. The standard InChI is InChI=1S/C36H29Cl2FN4O4.C31H25Cl2FN4O4.C30H23Cl2FN4O3/c1-3-47-21-7-4-6-19(13-21)17-42-30-16-29-24-12-18(2)23(34(44)45)15-27(24)41-43(29)33(30)31(22-8-5-9-26(38)32(22)39)36(42)25-11-10-20(37)14-28(25)40-35(36)46;1-42-28-18(29(39)40)9-8-16-22-12-23-27(38(22)36-26(16)28)24(17-3-2-4-20(33)25(17)34)31(37(23)13-14-5-6-14)19-10-7-15(32)11-21(19)35-30(31)41;31-16-7-8-19-22(11-16)34-29(40)30(19)25(17-2-1-3-20(32)26(17)33)27-24(36(30)13-14-4-5-14)12-23-18-10-15(28(38)39)6-9-21(18)35-37(23)27/h4-15,30-31,33H,3,16-17H2,1-2H3,(H,40,46)(H,44,45);2-4,7-11,14,23-24,27H,5-6,12-13H2,1H3,(H,35,41)(H,39,40);1-3,6-11,14,24-25,27H,4-5,12-13H2,(H,34,40)(H,38,39)/t30-,31-,33?,36+;23-,24-,27?,31+;24-,25-,27?,30+/m000/s1. The van der Waals surface area contributed by atoms with Crippen molar-refractivity contribution in [2.24, 2.45) is 11.8 Å². The topological polar surface area (TPSA) is 281 Å². The predicted octanol–water partition coefficient (Wildman–Crippen LogP) is 19.5. The van der Waals surface area contributed by atoms with Crippen molar-refractivity contribution in [1.29, 1.82) is 0 Å². The minimum absolute atomic E-state index is 0.00507. The number of nitrogens with one attached hydrogen (secondary N) is 3. The number of benzene rings is 10. The fourth-order valence-electron chi connectivity index (χ4n) is 23.5. The molecule has 12 atom stereocenters. The molecule has 10 aromatic carbocycles. The molecule has 3 saturated heterocycles. The molecule has 3 spiro atoms. The number of carbonyl (C=O) groups is 6. The lowest BCUT2D eigenvalue weighted by Gasteiger charge is -2.40. The Kier molecular flexibility index (Phi) is 19.7. The van der Waals surface area contributed by atoms with Crippen LogP contribution in [0.25, 0.3) is 32.7 Å². The van der Waals surface area contributed by atoms with Crippen LogP contribution in [-0.4, -0.2) is 140 Å². The van der Waals surface area contributed by atoms with Crippen molar-refractivity contribution < 1.29 is 66.7 Å². The van der Waals surface area contributed by atoms with Crippen molar-refractivity contribution in [1.82, 2.24) is 44.0 Å². The Bertz CT molecular complexity index is 7100. The highest BCUT2D eigenvalue weighted by atomic mass is 35.5. The molecule has 11 aliphatic rings. The molecule has 2 aliphatic carbocycles. The molecule has 3 aromatic heterocycles. The van der Waals surface area contributed by atoms with Gasteiger partial charge in [0.2, 0.25) is 17.7 Å². The van der Waals surface area contributed by atoms with E-state index in [0.29, 0.717) is 140 Å². The lowest BCUT2D eigenvalue weighted by atomic mass is 9.73. The molecule has 9 aliphatic heterocycles. The van der Waals surface area contributed by atoms with Crippen LogP contribution in [0.3, 0.4) is 0 Å². The number of halogens is 9. The van der Waals surface area contributed by atoms with Crippen LogP contribution in [0, 0.1) is 36.2 Å². The molecule has 13 aromatic rings. The summed E-state index contributed by atoms with van der Waals surface area (Å²) >= 11 is 38.3. The van der Waals surface area contributed by atoms with Gasteiger partial charge >= 0.3 is 17.9 Å². The number of carboxylic acids is 3. The molecule has 24 rings (SSSR count). The summed E-state index contributed by atoms with van der Waals surface area (Å²) in [5.41, 5.74) is 7.41. The van der Waals surface area contributed by atoms with Gasteiger partial charge in [-0.25, -0.2) is 27.6 Å². The number of methoxy groups -OCH3 is 1. The van der Waals surface area contributed by atoms with E-state index in [2.05, 4.69) is 30.7 Å². The highest BCUT2D eigenvalue weighted by molar-refractivity contribution is 6.33. The number of ether oxygens (including phenoxy) is 2. The summed E-state index contributed by atoms with van der Waals surface area (Å²) in [7, 11) is 1.42. The second-order valence-corrected chi connectivity index (χ2v) is 37.9. The van der Waals surface area contributed by atoms with Gasteiger partial charge in [-0.1, -0.05) is 136 Å². The third-order valence-corrected chi connectivity index (χ3v) is 30.3. The van der Waals surface area contributed by atoms with Crippen LogP contribution in [0.15, 0.2) is 176 Å². The third kappa shape index (κ3) is 12.3. The van der Waals surface area contributed by atoms with Crippen LogP contribution in [0.1, 0.15) is 161 Å². The molecule has 129 heavy (non-hydrogen) atoms. The van der Waals surface area contributed by atoms with E-state index in [1.165, 1.54) is 31.4 Å². The first-order valence-electron chi connectivity index (χ1n) is 42.7. The lowest BCUT2D eigenvalue weighted by Crippen LogP contribution is -2.53. The number of aryl methyl sites for hydroxylation is 1. The normalized spacial score (nSPS) is 25.1. The van der Waals surface area contributed by atoms with Gasteiger partial charge in [0, 0.05) is 157 Å². The van der Waals surface area contributed by atoms with Crippen LogP contribution in [0.5, 0.6) is 11.5 Å². The van der Waals surface area contributed by atoms with Crippen LogP contribution in [0.4, 0.5) is 30.2 Å². The van der Waals surface area contributed by atoms with E-state index in [1.807, 2.05) is 69.5 Å². The van der Waals surface area contributed by atoms with E-state index in [-0.39, 0.29) is 73.4 Å². The zero-order valence-electron chi connectivity index (χ0n) is 68.9. The van der Waals surface area contributed by atoms with E-state index < -0.39 is 87.9 Å². The number of rotatable bonds is 15. The summed E-state index contributed by atoms with van der Waals surface area (Å²) in [5.74, 6) is -6.01. The van der Waals surface area contributed by atoms with E-state index in [4.69, 9.17) is 94.4 Å². The minimum atomic E-state index is -1.37. The van der Waals surface area contributed by atoms with E-state index in [1.54, 1.807) is 110 Å². The fraction of sp³-hybridized carbons (Fsp3) is 0.289. The summed E-state index contributed by atoms with van der Waals surface area (Å²) in [6, 6.07) is 48.3. The van der Waals surface area contributed by atoms with Gasteiger partial charge < -0.3 is 40.7 Å². The molecule has 32 heteroatoms. The number of likely N-dealkylation sites (tertiary alicyclic amines) is 3. The first-order valence-corrected chi connectivity index (χ1v) is 44.9. The number of hydrogen-bond donors (Lipinski definition) is 6. The highest BCUT2D eigenvalue weighted by Crippen LogP contribution is 2.69. The summed E-state index contributed by atoms with van der Waals surface area (Å²) in [6.07, 6.45) is 5.87. The van der Waals surface area contributed by atoms with Crippen LogP contribution in [-0.2, 0) is 56.8 Å². The number of aromatic nitrogens is 6. The second-order valence-electron chi connectivity index (χ2n) is 35.3.